The van der Waals surface area contributed by atoms with Crippen molar-refractivity contribution in [3.63, 3.8) is 0 Å². The molecule has 1 heteroatoms. The summed E-state index contributed by atoms with van der Waals surface area (Å²) in [6.45, 7) is 0. The maximum absolute atomic E-state index is 2.50. The molecule has 4 rings (SSSR count). The molecule has 0 spiro atoms. The van der Waals surface area contributed by atoms with Crippen molar-refractivity contribution in [2.75, 3.05) is 0 Å². The first kappa shape index (κ1) is 16.6. The molecular weight excluding hydrogens is 307 g/mol. The molecule has 0 radical (unpaired) electrons. The molecule has 24 heavy (non-hydrogen) atoms. The van der Waals surface area contributed by atoms with E-state index in [1.54, 1.807) is 16.4 Å². The molecule has 3 aliphatic rings. The lowest BCUT2D eigenvalue weighted by Crippen LogP contribution is -2.27. The quantitative estimate of drug-likeness (QED) is 0.529. The standard InChI is InChI=1S/C23H31P/c1-3-13-20(14-4-1)24(21-15-5-2-6-16-21)23-18-10-9-17-22(23)19-11-7-8-12-19/h7-11,17-18,20-21H,1-6,12-16H2. The van der Waals surface area contributed by atoms with Gasteiger partial charge in [-0.05, 0) is 59.9 Å². The lowest BCUT2D eigenvalue weighted by Gasteiger charge is -2.39. The van der Waals surface area contributed by atoms with E-state index >= 15 is 0 Å². The van der Waals surface area contributed by atoms with E-state index < -0.39 is 0 Å². The van der Waals surface area contributed by atoms with Crippen LogP contribution in [0.25, 0.3) is 5.57 Å². The molecular formula is C23H31P. The van der Waals surface area contributed by atoms with Gasteiger partial charge < -0.3 is 0 Å². The van der Waals surface area contributed by atoms with Gasteiger partial charge in [0.1, 0.15) is 0 Å². The van der Waals surface area contributed by atoms with E-state index in [0.29, 0.717) is 0 Å². The molecule has 0 bridgehead atoms. The molecule has 2 fully saturated rings. The third-order valence-corrected chi connectivity index (χ3v) is 9.79. The maximum Gasteiger partial charge on any atom is -0.00882 e. The highest BCUT2D eigenvalue weighted by Gasteiger charge is 2.33. The Morgan fingerprint density at radius 2 is 1.38 bits per heavy atom. The molecule has 0 nitrogen and oxygen atoms in total. The smallest absolute Gasteiger partial charge is 0.00882 e. The van der Waals surface area contributed by atoms with Crippen LogP contribution >= 0.6 is 7.92 Å². The van der Waals surface area contributed by atoms with Gasteiger partial charge in [0.05, 0.1) is 0 Å². The van der Waals surface area contributed by atoms with Crippen LogP contribution in [-0.2, 0) is 0 Å². The summed E-state index contributed by atoms with van der Waals surface area (Å²) in [5, 5.41) is 1.75. The fraction of sp³-hybridized carbons (Fsp3) is 0.565. The Kier molecular flexibility index (Phi) is 5.53. The maximum atomic E-state index is 2.50. The summed E-state index contributed by atoms with van der Waals surface area (Å²) in [5.74, 6) is 0. The Morgan fingerprint density at radius 1 is 0.750 bits per heavy atom. The third kappa shape index (κ3) is 3.55. The Balaban J connectivity index is 1.69. The zero-order valence-electron chi connectivity index (χ0n) is 14.9. The molecule has 1 aromatic rings. The highest BCUT2D eigenvalue weighted by Crippen LogP contribution is 2.55. The van der Waals surface area contributed by atoms with Gasteiger partial charge in [0.25, 0.3) is 0 Å². The molecule has 2 saturated carbocycles. The third-order valence-electron chi connectivity index (χ3n) is 6.24. The molecule has 0 saturated heterocycles. The Morgan fingerprint density at radius 3 is 1.96 bits per heavy atom. The van der Waals surface area contributed by atoms with Crippen LogP contribution in [0.1, 0.15) is 76.2 Å². The molecule has 0 aromatic heterocycles. The van der Waals surface area contributed by atoms with Gasteiger partial charge >= 0.3 is 0 Å². The van der Waals surface area contributed by atoms with Crippen LogP contribution in [0.5, 0.6) is 0 Å². The van der Waals surface area contributed by atoms with E-state index in [0.717, 1.165) is 17.7 Å². The first-order valence-electron chi connectivity index (χ1n) is 10.2. The molecule has 0 aliphatic heterocycles. The summed E-state index contributed by atoms with van der Waals surface area (Å²) in [6, 6.07) is 9.48. The summed E-state index contributed by atoms with van der Waals surface area (Å²) in [4.78, 5) is 0. The summed E-state index contributed by atoms with van der Waals surface area (Å²) < 4.78 is 0. The van der Waals surface area contributed by atoms with Crippen molar-refractivity contribution in [1.82, 2.24) is 0 Å². The van der Waals surface area contributed by atoms with Crippen molar-refractivity contribution in [2.24, 2.45) is 0 Å². The predicted molar refractivity (Wildman–Crippen MR) is 108 cm³/mol. The summed E-state index contributed by atoms with van der Waals surface area (Å²) in [6.07, 6.45) is 22.9. The minimum absolute atomic E-state index is 0.00239. The SMILES string of the molecule is C1=CCC(c2ccccc2P(C2CCCCC2)C2CCCCC2)=C1. The summed E-state index contributed by atoms with van der Waals surface area (Å²) >= 11 is 0. The van der Waals surface area contributed by atoms with Gasteiger partial charge in [-0.25, -0.2) is 0 Å². The highest BCUT2D eigenvalue weighted by molar-refractivity contribution is 7.67. The van der Waals surface area contributed by atoms with Crippen LogP contribution in [0.15, 0.2) is 42.5 Å². The van der Waals surface area contributed by atoms with E-state index in [-0.39, 0.29) is 7.92 Å². The van der Waals surface area contributed by atoms with Crippen molar-refractivity contribution >= 4 is 18.8 Å². The van der Waals surface area contributed by atoms with Crippen LogP contribution in [0, 0.1) is 0 Å². The fourth-order valence-corrected chi connectivity index (χ4v) is 9.01. The Bertz CT molecular complexity index is 582. The summed E-state index contributed by atoms with van der Waals surface area (Å²) in [7, 11) is 0.00239. The molecule has 3 aliphatic carbocycles. The van der Waals surface area contributed by atoms with E-state index in [9.17, 15) is 0 Å². The molecule has 0 unspecified atom stereocenters. The van der Waals surface area contributed by atoms with E-state index in [1.807, 2.05) is 0 Å². The highest BCUT2D eigenvalue weighted by atomic mass is 31.1. The predicted octanol–water partition coefficient (Wildman–Crippen LogP) is 6.80. The Labute approximate surface area is 149 Å². The fourth-order valence-electron chi connectivity index (χ4n) is 5.03. The summed E-state index contributed by atoms with van der Waals surface area (Å²) in [5.41, 5.74) is 5.13. The lowest BCUT2D eigenvalue weighted by atomic mass is 9.99. The largest absolute Gasteiger partial charge is 0.0801 e. The van der Waals surface area contributed by atoms with Gasteiger partial charge in [-0.15, -0.1) is 0 Å². The number of benzene rings is 1. The first-order valence-corrected chi connectivity index (χ1v) is 11.6. The van der Waals surface area contributed by atoms with Gasteiger partial charge in [-0.2, -0.15) is 0 Å². The number of allylic oxidation sites excluding steroid dienone is 4. The molecule has 0 N–H and O–H groups in total. The zero-order chi connectivity index (χ0) is 16.2. The monoisotopic (exact) mass is 338 g/mol. The number of rotatable bonds is 4. The zero-order valence-corrected chi connectivity index (χ0v) is 15.8. The first-order chi connectivity index (χ1) is 11.9. The van der Waals surface area contributed by atoms with E-state index in [4.69, 9.17) is 0 Å². The van der Waals surface area contributed by atoms with Crippen molar-refractivity contribution in [2.45, 2.75) is 81.9 Å². The number of hydrogen-bond donors (Lipinski definition) is 0. The lowest BCUT2D eigenvalue weighted by molar-refractivity contribution is 0.487. The average Bonchev–Trinajstić information content (AvgIpc) is 3.19. The van der Waals surface area contributed by atoms with E-state index in [1.165, 1.54) is 64.2 Å². The van der Waals surface area contributed by atoms with Crippen LogP contribution in [0.2, 0.25) is 0 Å². The number of hydrogen-bond acceptors (Lipinski definition) is 0. The molecule has 1 aromatic carbocycles. The van der Waals surface area contributed by atoms with Gasteiger partial charge in [0, 0.05) is 0 Å². The van der Waals surface area contributed by atoms with Crippen LogP contribution in [0.3, 0.4) is 0 Å². The van der Waals surface area contributed by atoms with Crippen LogP contribution in [0.4, 0.5) is 0 Å². The van der Waals surface area contributed by atoms with Crippen LogP contribution < -0.4 is 5.30 Å². The Hall–Kier alpha value is -0.870. The second-order valence-electron chi connectivity index (χ2n) is 7.83. The molecule has 0 atom stereocenters. The minimum atomic E-state index is 0.00239. The van der Waals surface area contributed by atoms with Gasteiger partial charge in [0.15, 0.2) is 0 Å². The molecule has 0 amide bonds. The van der Waals surface area contributed by atoms with Gasteiger partial charge in [-0.3, -0.25) is 0 Å². The van der Waals surface area contributed by atoms with Crippen LogP contribution in [-0.4, -0.2) is 11.3 Å². The molecule has 128 valence electrons. The van der Waals surface area contributed by atoms with Crippen molar-refractivity contribution in [3.8, 4) is 0 Å². The normalized spacial score (nSPS) is 23.0. The van der Waals surface area contributed by atoms with Crippen molar-refractivity contribution in [1.29, 1.82) is 0 Å². The van der Waals surface area contributed by atoms with E-state index in [2.05, 4.69) is 42.5 Å². The molecule has 0 heterocycles. The topological polar surface area (TPSA) is 0 Å². The second-order valence-corrected chi connectivity index (χ2v) is 10.6. The van der Waals surface area contributed by atoms with Gasteiger partial charge in [0.2, 0.25) is 0 Å². The minimum Gasteiger partial charge on any atom is -0.0801 e. The van der Waals surface area contributed by atoms with Gasteiger partial charge in [-0.1, -0.05) is 88.9 Å². The van der Waals surface area contributed by atoms with Crippen molar-refractivity contribution < 1.29 is 0 Å². The second kappa shape index (κ2) is 8.01. The average molecular weight is 338 g/mol. The van der Waals surface area contributed by atoms with Crippen molar-refractivity contribution in [3.05, 3.63) is 48.1 Å².